The average Bonchev–Trinajstić information content (AvgIpc) is 3.08. The molecule has 0 spiro atoms. The van der Waals surface area contributed by atoms with Gasteiger partial charge in [-0.3, -0.25) is 4.79 Å². The van der Waals surface area contributed by atoms with Gasteiger partial charge in [-0.15, -0.1) is 0 Å². The lowest BCUT2D eigenvalue weighted by atomic mass is 10.1. The van der Waals surface area contributed by atoms with Crippen molar-refractivity contribution in [2.75, 3.05) is 5.32 Å². The van der Waals surface area contributed by atoms with Gasteiger partial charge in [0.05, 0.1) is 16.1 Å². The van der Waals surface area contributed by atoms with Crippen molar-refractivity contribution < 1.29 is 4.79 Å². The molecule has 0 fully saturated rings. The number of benzene rings is 2. The molecule has 0 aliphatic carbocycles. The fourth-order valence-corrected chi connectivity index (χ4v) is 3.44. The van der Waals surface area contributed by atoms with Gasteiger partial charge in [-0.2, -0.15) is 0 Å². The largest absolute Gasteiger partial charge is 0.342 e. The number of carbonyl (C=O) groups excluding carboxylic acids is 1. The first kappa shape index (κ1) is 18.7. The number of pyridine rings is 1. The second kappa shape index (κ2) is 7.80. The molecule has 0 radical (unpaired) electrons. The summed E-state index contributed by atoms with van der Waals surface area (Å²) in [5.74, 6) is 0.858. The van der Waals surface area contributed by atoms with Crippen molar-refractivity contribution in [3.63, 3.8) is 0 Å². The lowest BCUT2D eigenvalue weighted by molar-refractivity contribution is 0.102. The van der Waals surface area contributed by atoms with Gasteiger partial charge in [0.15, 0.2) is 0 Å². The fourth-order valence-electron chi connectivity index (χ4n) is 2.79. The standard InChI is InChI=1S/C20H13Cl3N4O/c21-12-5-7-18(24-10-12)27-20(28)11-4-6-16-17(8-11)26-19(25-16)9-13-14(22)2-1-3-15(13)23/h1-8,10H,9H2,(H,25,26)(H,24,27,28). The van der Waals surface area contributed by atoms with Gasteiger partial charge in [-0.1, -0.05) is 40.9 Å². The van der Waals surface area contributed by atoms with Crippen LogP contribution in [0.4, 0.5) is 5.82 Å². The highest BCUT2D eigenvalue weighted by Crippen LogP contribution is 2.27. The van der Waals surface area contributed by atoms with E-state index in [0.717, 1.165) is 16.6 Å². The third-order valence-electron chi connectivity index (χ3n) is 4.17. The van der Waals surface area contributed by atoms with Gasteiger partial charge in [-0.05, 0) is 48.0 Å². The predicted octanol–water partition coefficient (Wildman–Crippen LogP) is 5.76. The van der Waals surface area contributed by atoms with E-state index in [-0.39, 0.29) is 5.91 Å². The molecule has 28 heavy (non-hydrogen) atoms. The maximum Gasteiger partial charge on any atom is 0.256 e. The number of rotatable bonds is 4. The Bertz CT molecular complexity index is 1150. The molecule has 4 aromatic rings. The number of halogens is 3. The first-order chi connectivity index (χ1) is 13.5. The molecule has 0 unspecified atom stereocenters. The van der Waals surface area contributed by atoms with Crippen LogP contribution >= 0.6 is 34.8 Å². The van der Waals surface area contributed by atoms with Crippen LogP contribution in [0, 0.1) is 0 Å². The summed E-state index contributed by atoms with van der Waals surface area (Å²) in [5.41, 5.74) is 2.78. The third kappa shape index (κ3) is 3.97. The molecular weight excluding hydrogens is 419 g/mol. The zero-order valence-corrected chi connectivity index (χ0v) is 16.6. The summed E-state index contributed by atoms with van der Waals surface area (Å²) < 4.78 is 0. The molecule has 5 nitrogen and oxygen atoms in total. The maximum atomic E-state index is 12.5. The van der Waals surface area contributed by atoms with Crippen molar-refractivity contribution in [2.24, 2.45) is 0 Å². The molecule has 2 heterocycles. The Kier molecular flexibility index (Phi) is 5.22. The van der Waals surface area contributed by atoms with Crippen LogP contribution in [0.3, 0.4) is 0 Å². The number of fused-ring (bicyclic) bond motifs is 1. The van der Waals surface area contributed by atoms with Crippen LogP contribution in [-0.2, 0) is 6.42 Å². The highest BCUT2D eigenvalue weighted by Gasteiger charge is 2.12. The first-order valence-electron chi connectivity index (χ1n) is 8.34. The van der Waals surface area contributed by atoms with E-state index in [1.54, 1.807) is 48.5 Å². The molecular formula is C20H13Cl3N4O. The van der Waals surface area contributed by atoms with Crippen molar-refractivity contribution in [2.45, 2.75) is 6.42 Å². The van der Waals surface area contributed by atoms with E-state index in [9.17, 15) is 4.79 Å². The quantitative estimate of drug-likeness (QED) is 0.431. The molecule has 8 heteroatoms. The van der Waals surface area contributed by atoms with Crippen LogP contribution in [0.2, 0.25) is 15.1 Å². The molecule has 0 bridgehead atoms. The number of hydrogen-bond donors (Lipinski definition) is 2. The molecule has 0 atom stereocenters. The van der Waals surface area contributed by atoms with Crippen molar-refractivity contribution in [3.8, 4) is 0 Å². The van der Waals surface area contributed by atoms with Gasteiger partial charge in [0.2, 0.25) is 0 Å². The van der Waals surface area contributed by atoms with Gasteiger partial charge in [0.1, 0.15) is 11.6 Å². The topological polar surface area (TPSA) is 70.7 Å². The SMILES string of the molecule is O=C(Nc1ccc(Cl)cn1)c1ccc2nc(Cc3c(Cl)cccc3Cl)[nH]c2c1. The van der Waals surface area contributed by atoms with Crippen LogP contribution in [-0.4, -0.2) is 20.9 Å². The summed E-state index contributed by atoms with van der Waals surface area (Å²) in [6, 6.07) is 13.9. The molecule has 140 valence electrons. The number of imidazole rings is 1. The summed E-state index contributed by atoms with van der Waals surface area (Å²) in [5, 5.41) is 4.41. The van der Waals surface area contributed by atoms with Gasteiger partial charge in [-0.25, -0.2) is 9.97 Å². The van der Waals surface area contributed by atoms with E-state index >= 15 is 0 Å². The smallest absolute Gasteiger partial charge is 0.256 e. The summed E-state index contributed by atoms with van der Waals surface area (Å²) in [6.07, 6.45) is 1.94. The minimum Gasteiger partial charge on any atom is -0.342 e. The Labute approximate surface area is 175 Å². The zero-order chi connectivity index (χ0) is 19.7. The van der Waals surface area contributed by atoms with Crippen LogP contribution in [0.1, 0.15) is 21.7 Å². The number of aromatic amines is 1. The Balaban J connectivity index is 1.57. The van der Waals surface area contributed by atoms with Gasteiger partial charge in [0.25, 0.3) is 5.91 Å². The Morgan fingerprint density at radius 1 is 1.04 bits per heavy atom. The lowest BCUT2D eigenvalue weighted by Crippen LogP contribution is -2.12. The highest BCUT2D eigenvalue weighted by molar-refractivity contribution is 6.36. The Morgan fingerprint density at radius 3 is 2.54 bits per heavy atom. The van der Waals surface area contributed by atoms with Crippen molar-refractivity contribution in [1.82, 2.24) is 15.0 Å². The number of H-pyrrole nitrogens is 1. The molecule has 2 aromatic carbocycles. The van der Waals surface area contributed by atoms with E-state index in [1.807, 2.05) is 0 Å². The maximum absolute atomic E-state index is 12.5. The molecule has 2 aromatic heterocycles. The number of amides is 1. The van der Waals surface area contributed by atoms with Crippen molar-refractivity contribution in [3.05, 3.63) is 86.7 Å². The molecule has 2 N–H and O–H groups in total. The molecule has 0 aliphatic heterocycles. The van der Waals surface area contributed by atoms with Gasteiger partial charge in [0, 0.05) is 28.2 Å². The van der Waals surface area contributed by atoms with Gasteiger partial charge < -0.3 is 10.3 Å². The fraction of sp³-hybridized carbons (Fsp3) is 0.0500. The number of nitrogens with zero attached hydrogens (tertiary/aromatic N) is 2. The van der Waals surface area contributed by atoms with Crippen molar-refractivity contribution in [1.29, 1.82) is 0 Å². The van der Waals surface area contributed by atoms with Gasteiger partial charge >= 0.3 is 0 Å². The van der Waals surface area contributed by atoms with Crippen molar-refractivity contribution >= 4 is 57.6 Å². The first-order valence-corrected chi connectivity index (χ1v) is 9.47. The zero-order valence-electron chi connectivity index (χ0n) is 14.3. The number of carbonyl (C=O) groups is 1. The molecule has 4 rings (SSSR count). The van der Waals surface area contributed by atoms with E-state index in [1.165, 1.54) is 6.20 Å². The summed E-state index contributed by atoms with van der Waals surface area (Å²) >= 11 is 18.3. The highest BCUT2D eigenvalue weighted by atomic mass is 35.5. The van der Waals surface area contributed by atoms with Crippen LogP contribution < -0.4 is 5.32 Å². The minimum absolute atomic E-state index is 0.276. The number of anilines is 1. The number of hydrogen-bond acceptors (Lipinski definition) is 3. The second-order valence-electron chi connectivity index (χ2n) is 6.11. The third-order valence-corrected chi connectivity index (χ3v) is 5.10. The Morgan fingerprint density at radius 2 is 1.82 bits per heavy atom. The van der Waals surface area contributed by atoms with Crippen LogP contribution in [0.15, 0.2) is 54.7 Å². The Hall–Kier alpha value is -2.60. The van der Waals surface area contributed by atoms with Crippen LogP contribution in [0.5, 0.6) is 0 Å². The minimum atomic E-state index is -0.276. The normalized spacial score (nSPS) is 11.0. The average molecular weight is 432 g/mol. The monoisotopic (exact) mass is 430 g/mol. The number of aromatic nitrogens is 3. The van der Waals surface area contributed by atoms with E-state index in [0.29, 0.717) is 38.7 Å². The van der Waals surface area contributed by atoms with E-state index in [4.69, 9.17) is 34.8 Å². The van der Waals surface area contributed by atoms with E-state index < -0.39 is 0 Å². The van der Waals surface area contributed by atoms with E-state index in [2.05, 4.69) is 20.3 Å². The summed E-state index contributed by atoms with van der Waals surface area (Å²) in [4.78, 5) is 24.3. The second-order valence-corrected chi connectivity index (χ2v) is 7.36. The molecule has 0 saturated heterocycles. The molecule has 1 amide bonds. The molecule has 0 aliphatic rings. The summed E-state index contributed by atoms with van der Waals surface area (Å²) in [6.45, 7) is 0. The number of nitrogens with one attached hydrogen (secondary N) is 2. The predicted molar refractivity (Wildman–Crippen MR) is 113 cm³/mol. The molecule has 0 saturated carbocycles. The lowest BCUT2D eigenvalue weighted by Gasteiger charge is -2.04. The van der Waals surface area contributed by atoms with Crippen LogP contribution in [0.25, 0.3) is 11.0 Å². The summed E-state index contributed by atoms with van der Waals surface area (Å²) in [7, 11) is 0.